The van der Waals surface area contributed by atoms with Gasteiger partial charge in [0.2, 0.25) is 0 Å². The number of halogens is 2. The van der Waals surface area contributed by atoms with Gasteiger partial charge in [-0.15, -0.1) is 0 Å². The Kier molecular flexibility index (Phi) is 11.9. The minimum absolute atomic E-state index is 0.0956. The SMILES string of the molecule is CCCOc1ccc(CNC(=NC)NCCCCOCC)c(OC(F)F)c1. The molecule has 0 atom stereocenters. The van der Waals surface area contributed by atoms with Crippen molar-refractivity contribution in [1.82, 2.24) is 10.6 Å². The maximum Gasteiger partial charge on any atom is 0.387 e. The van der Waals surface area contributed by atoms with Crippen molar-refractivity contribution in [3.63, 3.8) is 0 Å². The smallest absolute Gasteiger partial charge is 0.387 e. The zero-order chi connectivity index (χ0) is 19.9. The fourth-order valence-electron chi connectivity index (χ4n) is 2.28. The predicted octanol–water partition coefficient (Wildman–Crippen LogP) is 3.56. The molecule has 8 heteroatoms. The van der Waals surface area contributed by atoms with Gasteiger partial charge < -0.3 is 24.8 Å². The molecule has 0 aliphatic heterocycles. The van der Waals surface area contributed by atoms with E-state index in [1.54, 1.807) is 19.2 Å². The highest BCUT2D eigenvalue weighted by atomic mass is 19.3. The average molecular weight is 387 g/mol. The molecule has 0 amide bonds. The lowest BCUT2D eigenvalue weighted by Gasteiger charge is -2.16. The van der Waals surface area contributed by atoms with Gasteiger partial charge in [0.05, 0.1) is 6.61 Å². The van der Waals surface area contributed by atoms with Crippen LogP contribution < -0.4 is 20.1 Å². The summed E-state index contributed by atoms with van der Waals surface area (Å²) in [4.78, 5) is 4.14. The van der Waals surface area contributed by atoms with E-state index in [1.807, 2.05) is 13.8 Å². The number of hydrogen-bond donors (Lipinski definition) is 2. The summed E-state index contributed by atoms with van der Waals surface area (Å²) in [7, 11) is 1.66. The van der Waals surface area contributed by atoms with Crippen molar-refractivity contribution in [1.29, 1.82) is 0 Å². The van der Waals surface area contributed by atoms with Crippen LogP contribution in [0.1, 0.15) is 38.7 Å². The van der Waals surface area contributed by atoms with E-state index in [9.17, 15) is 8.78 Å². The summed E-state index contributed by atoms with van der Waals surface area (Å²) in [5.74, 6) is 1.20. The van der Waals surface area contributed by atoms with Gasteiger partial charge in [0, 0.05) is 45.0 Å². The highest BCUT2D eigenvalue weighted by Crippen LogP contribution is 2.26. The van der Waals surface area contributed by atoms with E-state index in [-0.39, 0.29) is 5.75 Å². The molecule has 6 nitrogen and oxygen atoms in total. The number of hydrogen-bond acceptors (Lipinski definition) is 4. The Bertz CT molecular complexity index is 557. The van der Waals surface area contributed by atoms with Crippen LogP contribution in [-0.2, 0) is 11.3 Å². The van der Waals surface area contributed by atoms with E-state index in [1.165, 1.54) is 6.07 Å². The molecule has 0 fully saturated rings. The quantitative estimate of drug-likeness (QED) is 0.308. The van der Waals surface area contributed by atoms with Gasteiger partial charge >= 0.3 is 6.61 Å². The number of alkyl halides is 2. The van der Waals surface area contributed by atoms with Gasteiger partial charge in [-0.05, 0) is 38.3 Å². The molecule has 0 aromatic heterocycles. The lowest BCUT2D eigenvalue weighted by Crippen LogP contribution is -2.37. The molecule has 154 valence electrons. The van der Waals surface area contributed by atoms with E-state index in [2.05, 4.69) is 20.4 Å². The van der Waals surface area contributed by atoms with Crippen LogP contribution in [0.15, 0.2) is 23.2 Å². The van der Waals surface area contributed by atoms with Crippen molar-refractivity contribution in [3.8, 4) is 11.5 Å². The molecule has 0 aliphatic rings. The first-order valence-corrected chi connectivity index (χ1v) is 9.33. The van der Waals surface area contributed by atoms with Crippen LogP contribution in [0.3, 0.4) is 0 Å². The maximum atomic E-state index is 12.7. The van der Waals surface area contributed by atoms with Gasteiger partial charge in [-0.3, -0.25) is 4.99 Å². The van der Waals surface area contributed by atoms with E-state index in [4.69, 9.17) is 9.47 Å². The molecular formula is C19H31F2N3O3. The van der Waals surface area contributed by atoms with Crippen molar-refractivity contribution in [2.24, 2.45) is 4.99 Å². The third-order valence-electron chi connectivity index (χ3n) is 3.61. The number of rotatable bonds is 13. The number of unbranched alkanes of at least 4 members (excludes halogenated alkanes) is 1. The monoisotopic (exact) mass is 387 g/mol. The average Bonchev–Trinajstić information content (AvgIpc) is 2.65. The summed E-state index contributed by atoms with van der Waals surface area (Å²) in [6.45, 7) is 4.08. The molecule has 2 N–H and O–H groups in total. The van der Waals surface area contributed by atoms with Gasteiger partial charge in [-0.25, -0.2) is 0 Å². The highest BCUT2D eigenvalue weighted by Gasteiger charge is 2.12. The largest absolute Gasteiger partial charge is 0.493 e. The van der Waals surface area contributed by atoms with Crippen molar-refractivity contribution in [2.75, 3.05) is 33.4 Å². The third kappa shape index (κ3) is 9.98. The van der Waals surface area contributed by atoms with E-state index >= 15 is 0 Å². The summed E-state index contributed by atoms with van der Waals surface area (Å²) in [6.07, 6.45) is 2.74. The second-order valence-electron chi connectivity index (χ2n) is 5.75. The van der Waals surface area contributed by atoms with Crippen LogP contribution in [0.4, 0.5) is 8.78 Å². The van der Waals surface area contributed by atoms with Gasteiger partial charge in [0.1, 0.15) is 11.5 Å². The van der Waals surface area contributed by atoms with Crippen LogP contribution in [0, 0.1) is 0 Å². The molecule has 0 unspecified atom stereocenters. The first-order chi connectivity index (χ1) is 13.1. The van der Waals surface area contributed by atoms with Crippen molar-refractivity contribution in [2.45, 2.75) is 46.3 Å². The Morgan fingerprint density at radius 2 is 1.96 bits per heavy atom. The number of ether oxygens (including phenoxy) is 3. The molecule has 0 heterocycles. The Hall–Kier alpha value is -2.09. The molecule has 1 aromatic carbocycles. The first kappa shape index (κ1) is 23.0. The molecule has 0 saturated heterocycles. The van der Waals surface area contributed by atoms with Crippen LogP contribution in [0.2, 0.25) is 0 Å². The molecule has 0 radical (unpaired) electrons. The molecule has 1 rings (SSSR count). The van der Waals surface area contributed by atoms with Crippen molar-refractivity contribution >= 4 is 5.96 Å². The molecule has 27 heavy (non-hydrogen) atoms. The summed E-state index contributed by atoms with van der Waals surface area (Å²) >= 11 is 0. The Morgan fingerprint density at radius 3 is 2.63 bits per heavy atom. The fourth-order valence-corrected chi connectivity index (χ4v) is 2.28. The summed E-state index contributed by atoms with van der Waals surface area (Å²) in [5.41, 5.74) is 0.596. The lowest BCUT2D eigenvalue weighted by atomic mass is 10.2. The first-order valence-electron chi connectivity index (χ1n) is 9.33. The summed E-state index contributed by atoms with van der Waals surface area (Å²) in [5, 5.41) is 6.29. The number of nitrogens with zero attached hydrogens (tertiary/aromatic N) is 1. The van der Waals surface area contributed by atoms with Crippen LogP contribution in [0.25, 0.3) is 0 Å². The highest BCUT2D eigenvalue weighted by molar-refractivity contribution is 5.79. The van der Waals surface area contributed by atoms with Crippen molar-refractivity contribution in [3.05, 3.63) is 23.8 Å². The zero-order valence-electron chi connectivity index (χ0n) is 16.4. The molecular weight excluding hydrogens is 356 g/mol. The lowest BCUT2D eigenvalue weighted by molar-refractivity contribution is -0.0505. The standard InChI is InChI=1S/C19H31F2N3O3/c1-4-11-26-16-9-8-15(17(13-16)27-18(20)21)14-24-19(22-3)23-10-6-7-12-25-5-2/h8-9,13,18H,4-7,10-12,14H2,1-3H3,(H2,22,23,24). The van der Waals surface area contributed by atoms with Gasteiger partial charge in [0.25, 0.3) is 0 Å². The van der Waals surface area contributed by atoms with Crippen LogP contribution >= 0.6 is 0 Å². The second-order valence-corrected chi connectivity index (χ2v) is 5.75. The normalized spacial score (nSPS) is 11.6. The number of nitrogens with one attached hydrogen (secondary N) is 2. The molecule has 0 spiro atoms. The topological polar surface area (TPSA) is 64.1 Å². The van der Waals surface area contributed by atoms with Crippen LogP contribution in [-0.4, -0.2) is 46.0 Å². The number of guanidine groups is 1. The summed E-state index contributed by atoms with van der Waals surface area (Å²) in [6, 6.07) is 4.95. The minimum Gasteiger partial charge on any atom is -0.493 e. The van der Waals surface area contributed by atoms with Gasteiger partial charge in [0.15, 0.2) is 5.96 Å². The maximum absolute atomic E-state index is 12.7. The molecule has 0 saturated carbocycles. The molecule has 1 aromatic rings. The third-order valence-corrected chi connectivity index (χ3v) is 3.61. The summed E-state index contributed by atoms with van der Waals surface area (Å²) < 4.78 is 40.8. The zero-order valence-corrected chi connectivity index (χ0v) is 16.4. The fraction of sp³-hybridized carbons (Fsp3) is 0.632. The Balaban J connectivity index is 2.56. The van der Waals surface area contributed by atoms with E-state index < -0.39 is 6.61 Å². The number of aliphatic imine (C=N–C) groups is 1. The van der Waals surface area contributed by atoms with Gasteiger partial charge in [-0.2, -0.15) is 8.78 Å². The molecule has 0 aliphatic carbocycles. The Morgan fingerprint density at radius 1 is 1.15 bits per heavy atom. The minimum atomic E-state index is -2.90. The van der Waals surface area contributed by atoms with Crippen LogP contribution in [0.5, 0.6) is 11.5 Å². The number of benzene rings is 1. The van der Waals surface area contributed by atoms with Crippen molar-refractivity contribution < 1.29 is 23.0 Å². The van der Waals surface area contributed by atoms with E-state index in [0.717, 1.165) is 39.0 Å². The predicted molar refractivity (Wildman–Crippen MR) is 103 cm³/mol. The Labute approximate surface area is 160 Å². The second kappa shape index (κ2) is 14.0. The van der Waals surface area contributed by atoms with E-state index in [0.29, 0.717) is 30.4 Å². The molecule has 0 bridgehead atoms. The van der Waals surface area contributed by atoms with Gasteiger partial charge in [-0.1, -0.05) is 6.92 Å².